The van der Waals surface area contributed by atoms with Crippen LogP contribution >= 0.6 is 12.4 Å². The molecule has 4 heteroatoms. The van der Waals surface area contributed by atoms with Crippen LogP contribution in [0.25, 0.3) is 0 Å². The molecule has 0 aromatic heterocycles. The minimum Gasteiger partial charge on any atom is -0.355 e. The van der Waals surface area contributed by atoms with E-state index in [1.165, 1.54) is 38.5 Å². The molecule has 106 valence electrons. The van der Waals surface area contributed by atoms with Crippen molar-refractivity contribution in [2.75, 3.05) is 19.6 Å². The van der Waals surface area contributed by atoms with Gasteiger partial charge in [0.1, 0.15) is 0 Å². The quantitative estimate of drug-likeness (QED) is 0.781. The van der Waals surface area contributed by atoms with Crippen molar-refractivity contribution in [3.8, 4) is 0 Å². The highest BCUT2D eigenvalue weighted by atomic mass is 35.5. The molecule has 0 unspecified atom stereocenters. The van der Waals surface area contributed by atoms with Crippen LogP contribution in [-0.4, -0.2) is 25.5 Å². The Balaban J connectivity index is 0.00000162. The van der Waals surface area contributed by atoms with E-state index in [1.54, 1.807) is 0 Å². The summed E-state index contributed by atoms with van der Waals surface area (Å²) < 4.78 is 0. The first-order valence-corrected chi connectivity index (χ1v) is 7.21. The second kappa shape index (κ2) is 8.00. The molecule has 0 atom stereocenters. The Morgan fingerprint density at radius 3 is 2.17 bits per heavy atom. The Bertz CT molecular complexity index is 248. The average Bonchev–Trinajstić information content (AvgIpc) is 3.12. The minimum atomic E-state index is 0. The number of carbonyl (C=O) groups excluding carboxylic acids is 1. The molecule has 2 N–H and O–H groups in total. The van der Waals surface area contributed by atoms with Crippen LogP contribution in [0.15, 0.2) is 0 Å². The highest BCUT2D eigenvalue weighted by Gasteiger charge is 2.21. The summed E-state index contributed by atoms with van der Waals surface area (Å²) in [5, 5.41) is 6.29. The van der Waals surface area contributed by atoms with Crippen molar-refractivity contribution in [3.63, 3.8) is 0 Å². The van der Waals surface area contributed by atoms with Gasteiger partial charge in [0.15, 0.2) is 0 Å². The molecule has 1 amide bonds. The maximum atomic E-state index is 11.6. The normalized spacial score (nSPS) is 27.4. The van der Waals surface area contributed by atoms with E-state index < -0.39 is 0 Å². The predicted molar refractivity (Wildman–Crippen MR) is 77.0 cm³/mol. The highest BCUT2D eigenvalue weighted by molar-refractivity contribution is 5.85. The summed E-state index contributed by atoms with van der Waals surface area (Å²) in [4.78, 5) is 11.6. The standard InChI is InChI=1S/C14H26N2O.ClH/c1-11-2-4-13(5-3-11)9-16-14(17)10-15-8-12-6-7-12;/h11-13,15H,2-10H2,1H3,(H,16,17);1H. The van der Waals surface area contributed by atoms with Gasteiger partial charge in [-0.25, -0.2) is 0 Å². The molecule has 2 fully saturated rings. The van der Waals surface area contributed by atoms with Crippen LogP contribution in [-0.2, 0) is 4.79 Å². The van der Waals surface area contributed by atoms with Gasteiger partial charge >= 0.3 is 0 Å². The van der Waals surface area contributed by atoms with Crippen molar-refractivity contribution in [2.45, 2.75) is 45.4 Å². The van der Waals surface area contributed by atoms with E-state index in [0.717, 1.165) is 30.8 Å². The van der Waals surface area contributed by atoms with Crippen LogP contribution in [0.3, 0.4) is 0 Å². The van der Waals surface area contributed by atoms with Crippen LogP contribution in [0.5, 0.6) is 0 Å². The first-order valence-electron chi connectivity index (χ1n) is 7.21. The summed E-state index contributed by atoms with van der Waals surface area (Å²) in [5.74, 6) is 2.63. The van der Waals surface area contributed by atoms with Crippen LogP contribution in [0, 0.1) is 17.8 Å². The van der Waals surface area contributed by atoms with Crippen molar-refractivity contribution in [1.82, 2.24) is 10.6 Å². The van der Waals surface area contributed by atoms with E-state index in [-0.39, 0.29) is 18.3 Å². The van der Waals surface area contributed by atoms with Crippen LogP contribution < -0.4 is 10.6 Å². The molecule has 0 saturated heterocycles. The number of halogens is 1. The third-order valence-electron chi connectivity index (χ3n) is 4.14. The molecule has 2 rings (SSSR count). The molecular formula is C14H27ClN2O. The zero-order valence-electron chi connectivity index (χ0n) is 11.4. The monoisotopic (exact) mass is 274 g/mol. The average molecular weight is 275 g/mol. The van der Waals surface area contributed by atoms with Crippen LogP contribution in [0.4, 0.5) is 0 Å². The lowest BCUT2D eigenvalue weighted by Gasteiger charge is -2.26. The predicted octanol–water partition coefficient (Wildman–Crippen LogP) is 2.35. The van der Waals surface area contributed by atoms with Gasteiger partial charge in [-0.05, 0) is 50.0 Å². The fourth-order valence-electron chi connectivity index (χ4n) is 2.57. The maximum absolute atomic E-state index is 11.6. The topological polar surface area (TPSA) is 41.1 Å². The lowest BCUT2D eigenvalue weighted by atomic mass is 9.83. The van der Waals surface area contributed by atoms with Gasteiger partial charge in [-0.15, -0.1) is 12.4 Å². The van der Waals surface area contributed by atoms with E-state index in [1.807, 2.05) is 0 Å². The molecule has 0 radical (unpaired) electrons. The number of nitrogens with one attached hydrogen (secondary N) is 2. The van der Waals surface area contributed by atoms with Crippen molar-refractivity contribution in [3.05, 3.63) is 0 Å². The van der Waals surface area contributed by atoms with Crippen LogP contribution in [0.2, 0.25) is 0 Å². The van der Waals surface area contributed by atoms with Crippen molar-refractivity contribution >= 4 is 18.3 Å². The van der Waals surface area contributed by atoms with Gasteiger partial charge < -0.3 is 10.6 Å². The van der Waals surface area contributed by atoms with Gasteiger partial charge in [0.2, 0.25) is 5.91 Å². The smallest absolute Gasteiger partial charge is 0.233 e. The van der Waals surface area contributed by atoms with Crippen molar-refractivity contribution in [2.24, 2.45) is 17.8 Å². The maximum Gasteiger partial charge on any atom is 0.233 e. The SMILES string of the molecule is CC1CCC(CNC(=O)CNCC2CC2)CC1.Cl. The zero-order valence-corrected chi connectivity index (χ0v) is 12.2. The summed E-state index contributed by atoms with van der Waals surface area (Å²) in [5.41, 5.74) is 0. The molecule has 2 saturated carbocycles. The fourth-order valence-corrected chi connectivity index (χ4v) is 2.57. The van der Waals surface area contributed by atoms with Crippen LogP contribution in [0.1, 0.15) is 45.4 Å². The Morgan fingerprint density at radius 1 is 1.00 bits per heavy atom. The second-order valence-electron chi connectivity index (χ2n) is 6.00. The van der Waals surface area contributed by atoms with E-state index in [4.69, 9.17) is 0 Å². The number of hydrogen-bond acceptors (Lipinski definition) is 2. The first kappa shape index (κ1) is 15.8. The lowest BCUT2D eigenvalue weighted by Crippen LogP contribution is -2.37. The molecule has 0 spiro atoms. The Kier molecular flexibility index (Phi) is 7.02. The summed E-state index contributed by atoms with van der Waals surface area (Å²) in [7, 11) is 0. The molecule has 2 aliphatic carbocycles. The van der Waals surface area contributed by atoms with Gasteiger partial charge in [-0.1, -0.05) is 19.8 Å². The molecule has 3 nitrogen and oxygen atoms in total. The second-order valence-corrected chi connectivity index (χ2v) is 6.00. The lowest BCUT2D eigenvalue weighted by molar-refractivity contribution is -0.120. The third kappa shape index (κ3) is 6.05. The molecule has 18 heavy (non-hydrogen) atoms. The molecule has 0 aliphatic heterocycles. The minimum absolute atomic E-state index is 0. The third-order valence-corrected chi connectivity index (χ3v) is 4.14. The van der Waals surface area contributed by atoms with Gasteiger partial charge in [0.05, 0.1) is 6.54 Å². The van der Waals surface area contributed by atoms with Crippen molar-refractivity contribution in [1.29, 1.82) is 0 Å². The molecule has 0 aromatic rings. The molecule has 0 bridgehead atoms. The fraction of sp³-hybridized carbons (Fsp3) is 0.929. The molecule has 0 aromatic carbocycles. The van der Waals surface area contributed by atoms with Gasteiger partial charge in [0.25, 0.3) is 0 Å². The number of hydrogen-bond donors (Lipinski definition) is 2. The Morgan fingerprint density at radius 2 is 1.56 bits per heavy atom. The highest BCUT2D eigenvalue weighted by Crippen LogP contribution is 2.28. The zero-order chi connectivity index (χ0) is 12.1. The van der Waals surface area contributed by atoms with Gasteiger partial charge in [-0.3, -0.25) is 4.79 Å². The summed E-state index contributed by atoms with van der Waals surface area (Å²) in [6.07, 6.45) is 7.93. The molecular weight excluding hydrogens is 248 g/mol. The molecule has 0 heterocycles. The summed E-state index contributed by atoms with van der Waals surface area (Å²) >= 11 is 0. The Labute approximate surface area is 117 Å². The Hall–Kier alpha value is -0.280. The van der Waals surface area contributed by atoms with Crippen molar-refractivity contribution < 1.29 is 4.79 Å². The van der Waals surface area contributed by atoms with E-state index in [2.05, 4.69) is 17.6 Å². The first-order chi connectivity index (χ1) is 8.24. The van der Waals surface area contributed by atoms with E-state index in [0.29, 0.717) is 6.54 Å². The summed E-state index contributed by atoms with van der Waals surface area (Å²) in [6, 6.07) is 0. The molecule has 2 aliphatic rings. The van der Waals surface area contributed by atoms with E-state index in [9.17, 15) is 4.79 Å². The number of rotatable bonds is 6. The van der Waals surface area contributed by atoms with Gasteiger partial charge in [0, 0.05) is 6.54 Å². The number of amides is 1. The largest absolute Gasteiger partial charge is 0.355 e. The number of carbonyl (C=O) groups is 1. The summed E-state index contributed by atoms with van der Waals surface area (Å²) in [6.45, 7) is 4.74. The van der Waals surface area contributed by atoms with E-state index >= 15 is 0 Å². The van der Waals surface area contributed by atoms with Gasteiger partial charge in [-0.2, -0.15) is 0 Å².